The molecule has 0 spiro atoms. The fourth-order valence-electron chi connectivity index (χ4n) is 2.43. The van der Waals surface area contributed by atoms with Gasteiger partial charge in [0.2, 0.25) is 5.91 Å². The summed E-state index contributed by atoms with van der Waals surface area (Å²) in [6.07, 6.45) is 0. The number of rotatable bonds is 7. The van der Waals surface area contributed by atoms with Gasteiger partial charge in [-0.2, -0.15) is 8.78 Å². The van der Waals surface area contributed by atoms with Gasteiger partial charge in [-0.3, -0.25) is 4.79 Å². The van der Waals surface area contributed by atoms with Crippen LogP contribution in [-0.4, -0.2) is 31.5 Å². The number of nitrogens with one attached hydrogen (secondary N) is 1. The summed E-state index contributed by atoms with van der Waals surface area (Å²) in [5.74, 6) is 1.79. The normalized spacial score (nSPS) is 12.7. The summed E-state index contributed by atoms with van der Waals surface area (Å²) in [5.41, 5.74) is 1.43. The van der Waals surface area contributed by atoms with E-state index in [0.717, 1.165) is 5.56 Å². The number of alkyl halides is 2. The number of carbonyl (C=O) groups is 1. The number of halogens is 3. The Morgan fingerprint density at radius 2 is 1.96 bits per heavy atom. The highest BCUT2D eigenvalue weighted by Crippen LogP contribution is 2.39. The number of hydrogen-bond acceptors (Lipinski definition) is 5. The van der Waals surface area contributed by atoms with Crippen molar-refractivity contribution in [1.82, 2.24) is 0 Å². The summed E-state index contributed by atoms with van der Waals surface area (Å²) in [6.45, 7) is -1.93. The third kappa shape index (κ3) is 5.64. The van der Waals surface area contributed by atoms with Crippen LogP contribution in [0, 0.1) is 0 Å². The Balaban J connectivity index is 1.47. The fraction of sp³-hybridized carbons (Fsp3) is 0.278. The molecule has 5 nitrogen and oxygen atoms in total. The van der Waals surface area contributed by atoms with Gasteiger partial charge in [0.05, 0.1) is 10.8 Å². The van der Waals surface area contributed by atoms with Crippen molar-refractivity contribution in [3.05, 3.63) is 47.0 Å². The van der Waals surface area contributed by atoms with Crippen molar-refractivity contribution < 1.29 is 27.8 Å². The summed E-state index contributed by atoms with van der Waals surface area (Å²) in [4.78, 5) is 12.0. The minimum absolute atomic E-state index is 0.0351. The van der Waals surface area contributed by atoms with E-state index < -0.39 is 6.61 Å². The van der Waals surface area contributed by atoms with Crippen LogP contribution in [0.25, 0.3) is 0 Å². The Labute approximate surface area is 163 Å². The molecule has 1 aliphatic heterocycles. The molecular formula is C18H16ClF2NO4S. The Hall–Kier alpha value is -2.19. The highest BCUT2D eigenvalue weighted by molar-refractivity contribution is 7.99. The Morgan fingerprint density at radius 3 is 2.70 bits per heavy atom. The number of amides is 1. The van der Waals surface area contributed by atoms with Crippen molar-refractivity contribution in [3.8, 4) is 17.2 Å². The van der Waals surface area contributed by atoms with Crippen LogP contribution >= 0.6 is 23.4 Å². The molecule has 1 amide bonds. The largest absolute Gasteiger partial charge is 0.486 e. The van der Waals surface area contributed by atoms with Crippen LogP contribution in [0.3, 0.4) is 0 Å². The van der Waals surface area contributed by atoms with E-state index in [1.807, 2.05) is 6.07 Å². The SMILES string of the molecule is O=C(CSCc1cc(Cl)c2c(c1)OCCO2)Nc1ccc(OC(F)F)cc1. The number of anilines is 1. The van der Waals surface area contributed by atoms with Crippen LogP contribution < -0.4 is 19.5 Å². The van der Waals surface area contributed by atoms with Gasteiger partial charge in [0.25, 0.3) is 0 Å². The van der Waals surface area contributed by atoms with Gasteiger partial charge < -0.3 is 19.5 Å². The molecule has 0 aliphatic carbocycles. The van der Waals surface area contributed by atoms with E-state index in [4.69, 9.17) is 21.1 Å². The van der Waals surface area contributed by atoms with Crippen molar-refractivity contribution in [2.45, 2.75) is 12.4 Å². The molecule has 144 valence electrons. The molecule has 2 aromatic carbocycles. The summed E-state index contributed by atoms with van der Waals surface area (Å²) in [5, 5.41) is 3.18. The van der Waals surface area contributed by atoms with Crippen molar-refractivity contribution in [3.63, 3.8) is 0 Å². The highest BCUT2D eigenvalue weighted by Gasteiger charge is 2.16. The smallest absolute Gasteiger partial charge is 0.387 e. The standard InChI is InChI=1S/C18H16ClF2NO4S/c19-14-7-11(8-15-17(14)25-6-5-24-15)9-27-10-16(23)22-12-1-3-13(4-2-12)26-18(20)21/h1-4,7-8,18H,5-6,9-10H2,(H,22,23). The van der Waals surface area contributed by atoms with Gasteiger partial charge in [-0.25, -0.2) is 0 Å². The molecule has 0 radical (unpaired) electrons. The monoisotopic (exact) mass is 415 g/mol. The van der Waals surface area contributed by atoms with Crippen LogP contribution in [0.2, 0.25) is 5.02 Å². The van der Waals surface area contributed by atoms with Crippen LogP contribution in [0.15, 0.2) is 36.4 Å². The minimum Gasteiger partial charge on any atom is -0.486 e. The third-order valence-corrected chi connectivity index (χ3v) is 4.81. The van der Waals surface area contributed by atoms with Gasteiger partial charge in [-0.05, 0) is 42.0 Å². The second-order valence-electron chi connectivity index (χ2n) is 5.55. The number of thioether (sulfide) groups is 1. The zero-order chi connectivity index (χ0) is 19.2. The maximum absolute atomic E-state index is 12.1. The molecule has 27 heavy (non-hydrogen) atoms. The van der Waals surface area contributed by atoms with Gasteiger partial charge in [-0.1, -0.05) is 11.6 Å². The molecule has 3 rings (SSSR count). The van der Waals surface area contributed by atoms with Crippen LogP contribution in [0.4, 0.5) is 14.5 Å². The molecule has 0 fully saturated rings. The summed E-state index contributed by atoms with van der Waals surface area (Å²) in [6, 6.07) is 9.38. The maximum Gasteiger partial charge on any atom is 0.387 e. The predicted octanol–water partition coefficient (Wildman–Crippen LogP) is 4.58. The fourth-order valence-corrected chi connectivity index (χ4v) is 3.48. The average Bonchev–Trinajstić information content (AvgIpc) is 2.63. The Bertz CT molecular complexity index is 805. The molecule has 0 aromatic heterocycles. The first kappa shape index (κ1) is 19.6. The lowest BCUT2D eigenvalue weighted by Crippen LogP contribution is -2.16. The lowest BCUT2D eigenvalue weighted by Gasteiger charge is -2.20. The summed E-state index contributed by atoms with van der Waals surface area (Å²) < 4.78 is 39.5. The molecular weight excluding hydrogens is 400 g/mol. The van der Waals surface area contributed by atoms with E-state index in [-0.39, 0.29) is 17.4 Å². The first-order valence-electron chi connectivity index (χ1n) is 8.02. The Kier molecular flexibility index (Phi) is 6.63. The number of fused-ring (bicyclic) bond motifs is 1. The minimum atomic E-state index is -2.88. The zero-order valence-corrected chi connectivity index (χ0v) is 15.6. The van der Waals surface area contributed by atoms with Gasteiger partial charge in [0.15, 0.2) is 11.5 Å². The zero-order valence-electron chi connectivity index (χ0n) is 14.0. The van der Waals surface area contributed by atoms with E-state index in [2.05, 4.69) is 10.1 Å². The maximum atomic E-state index is 12.1. The van der Waals surface area contributed by atoms with Crippen LogP contribution in [-0.2, 0) is 10.5 Å². The van der Waals surface area contributed by atoms with Crippen LogP contribution in [0.5, 0.6) is 17.2 Å². The molecule has 0 saturated carbocycles. The first-order valence-corrected chi connectivity index (χ1v) is 9.55. The molecule has 0 saturated heterocycles. The molecule has 0 bridgehead atoms. The first-order chi connectivity index (χ1) is 13.0. The van der Waals surface area contributed by atoms with Gasteiger partial charge >= 0.3 is 6.61 Å². The van der Waals surface area contributed by atoms with Crippen molar-refractivity contribution >= 4 is 35.0 Å². The second-order valence-corrected chi connectivity index (χ2v) is 6.94. The Morgan fingerprint density at radius 1 is 1.22 bits per heavy atom. The molecule has 1 heterocycles. The molecule has 1 N–H and O–H groups in total. The number of carbonyl (C=O) groups excluding carboxylic acids is 1. The van der Waals surface area contributed by atoms with Crippen molar-refractivity contribution in [2.24, 2.45) is 0 Å². The van der Waals surface area contributed by atoms with Gasteiger partial charge in [0, 0.05) is 11.4 Å². The third-order valence-electron chi connectivity index (χ3n) is 3.52. The lowest BCUT2D eigenvalue weighted by atomic mass is 10.2. The average molecular weight is 416 g/mol. The molecule has 2 aromatic rings. The van der Waals surface area contributed by atoms with E-state index in [1.165, 1.54) is 36.0 Å². The van der Waals surface area contributed by atoms with E-state index >= 15 is 0 Å². The quantitative estimate of drug-likeness (QED) is 0.717. The topological polar surface area (TPSA) is 56.8 Å². The van der Waals surface area contributed by atoms with E-state index in [0.29, 0.717) is 41.2 Å². The van der Waals surface area contributed by atoms with Gasteiger partial charge in [-0.15, -0.1) is 11.8 Å². The molecule has 1 aliphatic rings. The predicted molar refractivity (Wildman–Crippen MR) is 100 cm³/mol. The molecule has 0 atom stereocenters. The van der Waals surface area contributed by atoms with E-state index in [1.54, 1.807) is 6.07 Å². The van der Waals surface area contributed by atoms with Crippen molar-refractivity contribution in [1.29, 1.82) is 0 Å². The molecule has 9 heteroatoms. The second kappa shape index (κ2) is 9.14. The lowest BCUT2D eigenvalue weighted by molar-refractivity contribution is -0.113. The number of benzene rings is 2. The summed E-state index contributed by atoms with van der Waals surface area (Å²) in [7, 11) is 0. The number of ether oxygens (including phenoxy) is 3. The van der Waals surface area contributed by atoms with Gasteiger partial charge in [0.1, 0.15) is 19.0 Å². The molecule has 0 unspecified atom stereocenters. The summed E-state index contributed by atoms with van der Waals surface area (Å²) >= 11 is 7.60. The number of hydrogen-bond donors (Lipinski definition) is 1. The van der Waals surface area contributed by atoms with E-state index in [9.17, 15) is 13.6 Å². The van der Waals surface area contributed by atoms with Crippen molar-refractivity contribution in [2.75, 3.05) is 24.3 Å². The van der Waals surface area contributed by atoms with Crippen LogP contribution in [0.1, 0.15) is 5.56 Å². The highest BCUT2D eigenvalue weighted by atomic mass is 35.5.